The molecular formula is C17H26N2O5S. The van der Waals surface area contributed by atoms with E-state index in [-0.39, 0.29) is 16.7 Å². The van der Waals surface area contributed by atoms with Crippen LogP contribution in [0.15, 0.2) is 29.2 Å². The van der Waals surface area contributed by atoms with E-state index in [1.165, 1.54) is 12.1 Å². The van der Waals surface area contributed by atoms with Crippen molar-refractivity contribution < 1.29 is 22.7 Å². The summed E-state index contributed by atoms with van der Waals surface area (Å²) in [4.78, 5) is 14.2. The summed E-state index contributed by atoms with van der Waals surface area (Å²) in [5.74, 6) is 0.583. The number of carbonyl (C=O) groups is 1. The van der Waals surface area contributed by atoms with E-state index in [1.807, 2.05) is 13.8 Å². The van der Waals surface area contributed by atoms with Crippen LogP contribution in [-0.2, 0) is 19.6 Å². The highest BCUT2D eigenvalue weighted by Gasteiger charge is 2.24. The number of nitrogens with one attached hydrogen (secondary N) is 1. The van der Waals surface area contributed by atoms with Gasteiger partial charge in [0, 0.05) is 19.6 Å². The molecule has 1 fully saturated rings. The minimum absolute atomic E-state index is 0.0985. The average Bonchev–Trinajstić information content (AvgIpc) is 2.60. The Bertz CT molecular complexity index is 667. The largest absolute Gasteiger partial charge is 0.481 e. The van der Waals surface area contributed by atoms with Crippen LogP contribution in [0.1, 0.15) is 20.8 Å². The maximum atomic E-state index is 12.3. The molecule has 1 aliphatic heterocycles. The van der Waals surface area contributed by atoms with Gasteiger partial charge in [0.15, 0.2) is 6.10 Å². The number of hydrogen-bond donors (Lipinski definition) is 1. The molecule has 1 amide bonds. The molecule has 25 heavy (non-hydrogen) atoms. The van der Waals surface area contributed by atoms with Crippen LogP contribution in [0.2, 0.25) is 0 Å². The number of benzene rings is 1. The van der Waals surface area contributed by atoms with Crippen molar-refractivity contribution in [3.63, 3.8) is 0 Å². The van der Waals surface area contributed by atoms with E-state index in [2.05, 4.69) is 4.72 Å². The summed E-state index contributed by atoms with van der Waals surface area (Å²) < 4.78 is 37.8. The summed E-state index contributed by atoms with van der Waals surface area (Å²) in [5, 5.41) is 0. The predicted octanol–water partition coefficient (Wildman–Crippen LogP) is 1.25. The van der Waals surface area contributed by atoms with Gasteiger partial charge in [-0.3, -0.25) is 4.79 Å². The van der Waals surface area contributed by atoms with Crippen LogP contribution in [0, 0.1) is 5.92 Å². The van der Waals surface area contributed by atoms with Gasteiger partial charge in [0.05, 0.1) is 18.1 Å². The van der Waals surface area contributed by atoms with Crippen molar-refractivity contribution in [2.24, 2.45) is 5.92 Å². The van der Waals surface area contributed by atoms with Crippen molar-refractivity contribution in [3.05, 3.63) is 24.3 Å². The van der Waals surface area contributed by atoms with Gasteiger partial charge in [0.2, 0.25) is 10.0 Å². The first kappa shape index (κ1) is 19.7. The fraction of sp³-hybridized carbons (Fsp3) is 0.588. The van der Waals surface area contributed by atoms with Crippen molar-refractivity contribution in [2.45, 2.75) is 31.8 Å². The van der Waals surface area contributed by atoms with Crippen molar-refractivity contribution >= 4 is 15.9 Å². The monoisotopic (exact) mass is 370 g/mol. The Kier molecular flexibility index (Phi) is 6.80. The van der Waals surface area contributed by atoms with E-state index in [9.17, 15) is 13.2 Å². The van der Waals surface area contributed by atoms with Crippen molar-refractivity contribution in [1.82, 2.24) is 9.62 Å². The average molecular weight is 370 g/mol. The summed E-state index contributed by atoms with van der Waals surface area (Å²) in [5.41, 5.74) is 0. The van der Waals surface area contributed by atoms with Gasteiger partial charge in [-0.1, -0.05) is 13.8 Å². The standard InChI is InChI=1S/C17H26N2O5S/c1-13(2)12-18-25(21,22)16-6-4-15(5-7-16)24-14(3)17(20)19-8-10-23-11-9-19/h4-7,13-14,18H,8-12H2,1-3H3/t14-/m1/s1. The molecule has 1 heterocycles. The topological polar surface area (TPSA) is 84.9 Å². The molecule has 0 radical (unpaired) electrons. The molecule has 0 bridgehead atoms. The molecule has 1 saturated heterocycles. The second-order valence-electron chi connectivity index (χ2n) is 6.41. The van der Waals surface area contributed by atoms with Crippen LogP contribution < -0.4 is 9.46 Å². The van der Waals surface area contributed by atoms with E-state index in [4.69, 9.17) is 9.47 Å². The molecule has 140 valence electrons. The summed E-state index contributed by atoms with van der Waals surface area (Å²) in [6.45, 7) is 8.14. The van der Waals surface area contributed by atoms with Crippen LogP contribution >= 0.6 is 0 Å². The molecule has 1 N–H and O–H groups in total. The Morgan fingerprint density at radius 1 is 1.20 bits per heavy atom. The zero-order valence-electron chi connectivity index (χ0n) is 14.9. The number of rotatable bonds is 7. The maximum absolute atomic E-state index is 12.3. The number of ether oxygens (including phenoxy) is 2. The first-order valence-corrected chi connectivity index (χ1v) is 9.91. The summed E-state index contributed by atoms with van der Waals surface area (Å²) in [6.07, 6.45) is -0.639. The minimum atomic E-state index is -3.53. The summed E-state index contributed by atoms with van der Waals surface area (Å²) in [6, 6.07) is 6.08. The highest BCUT2D eigenvalue weighted by atomic mass is 32.2. The lowest BCUT2D eigenvalue weighted by Crippen LogP contribution is -2.46. The van der Waals surface area contributed by atoms with Gasteiger partial charge in [-0.25, -0.2) is 13.1 Å². The lowest BCUT2D eigenvalue weighted by molar-refractivity contribution is -0.142. The molecule has 0 saturated carbocycles. The lowest BCUT2D eigenvalue weighted by Gasteiger charge is -2.29. The SMILES string of the molecule is CC(C)CNS(=O)(=O)c1ccc(O[C@H](C)C(=O)N2CCOCC2)cc1. The first-order valence-electron chi connectivity index (χ1n) is 8.42. The molecule has 2 rings (SSSR count). The van der Waals surface area contributed by atoms with Crippen molar-refractivity contribution in [3.8, 4) is 5.75 Å². The van der Waals surface area contributed by atoms with Crippen LogP contribution in [0.5, 0.6) is 5.75 Å². The highest BCUT2D eigenvalue weighted by Crippen LogP contribution is 2.18. The quantitative estimate of drug-likeness (QED) is 0.781. The van der Waals surface area contributed by atoms with E-state index in [1.54, 1.807) is 24.0 Å². The number of nitrogens with zero attached hydrogens (tertiary/aromatic N) is 1. The first-order chi connectivity index (χ1) is 11.8. The molecule has 8 heteroatoms. The molecule has 0 unspecified atom stereocenters. The van der Waals surface area contributed by atoms with Gasteiger partial charge in [-0.15, -0.1) is 0 Å². The molecule has 1 aromatic rings. The van der Waals surface area contributed by atoms with Gasteiger partial charge in [0.1, 0.15) is 5.75 Å². The summed E-state index contributed by atoms with van der Waals surface area (Å²) >= 11 is 0. The molecule has 7 nitrogen and oxygen atoms in total. The number of morpholine rings is 1. The predicted molar refractivity (Wildman–Crippen MR) is 94.0 cm³/mol. The van der Waals surface area contributed by atoms with E-state index < -0.39 is 16.1 Å². The van der Waals surface area contributed by atoms with Crippen LogP contribution in [-0.4, -0.2) is 58.2 Å². The van der Waals surface area contributed by atoms with Crippen molar-refractivity contribution in [2.75, 3.05) is 32.8 Å². The Labute approximate surface area is 149 Å². The molecular weight excluding hydrogens is 344 g/mol. The third-order valence-corrected chi connectivity index (χ3v) is 5.24. The van der Waals surface area contributed by atoms with E-state index >= 15 is 0 Å². The van der Waals surface area contributed by atoms with Gasteiger partial charge >= 0.3 is 0 Å². The van der Waals surface area contributed by atoms with Gasteiger partial charge < -0.3 is 14.4 Å². The van der Waals surface area contributed by atoms with E-state index in [0.29, 0.717) is 38.6 Å². The zero-order chi connectivity index (χ0) is 18.4. The number of hydrogen-bond acceptors (Lipinski definition) is 5. The highest BCUT2D eigenvalue weighted by molar-refractivity contribution is 7.89. The fourth-order valence-electron chi connectivity index (χ4n) is 2.35. The number of carbonyl (C=O) groups excluding carboxylic acids is 1. The Hall–Kier alpha value is -1.64. The van der Waals surface area contributed by atoms with Crippen LogP contribution in [0.25, 0.3) is 0 Å². The second-order valence-corrected chi connectivity index (χ2v) is 8.18. The Balaban J connectivity index is 1.96. The number of sulfonamides is 1. The lowest BCUT2D eigenvalue weighted by atomic mass is 10.2. The second kappa shape index (κ2) is 8.64. The van der Waals surface area contributed by atoms with Crippen molar-refractivity contribution in [1.29, 1.82) is 0 Å². The van der Waals surface area contributed by atoms with Gasteiger partial charge in [0.25, 0.3) is 5.91 Å². The fourth-order valence-corrected chi connectivity index (χ4v) is 3.57. The van der Waals surface area contributed by atoms with Gasteiger partial charge in [-0.2, -0.15) is 0 Å². The minimum Gasteiger partial charge on any atom is -0.481 e. The Morgan fingerprint density at radius 2 is 1.80 bits per heavy atom. The molecule has 1 aromatic carbocycles. The molecule has 0 spiro atoms. The number of amides is 1. The Morgan fingerprint density at radius 3 is 2.36 bits per heavy atom. The molecule has 1 aliphatic rings. The molecule has 0 aromatic heterocycles. The zero-order valence-corrected chi connectivity index (χ0v) is 15.7. The summed E-state index contributed by atoms with van der Waals surface area (Å²) in [7, 11) is -3.53. The normalized spacial score (nSPS) is 16.7. The third-order valence-electron chi connectivity index (χ3n) is 3.80. The van der Waals surface area contributed by atoms with Crippen LogP contribution in [0.3, 0.4) is 0 Å². The molecule has 0 aliphatic carbocycles. The van der Waals surface area contributed by atoms with E-state index in [0.717, 1.165) is 0 Å². The van der Waals surface area contributed by atoms with Crippen LogP contribution in [0.4, 0.5) is 0 Å². The molecule has 1 atom stereocenters. The van der Waals surface area contributed by atoms with Gasteiger partial charge in [-0.05, 0) is 37.1 Å². The maximum Gasteiger partial charge on any atom is 0.263 e. The smallest absolute Gasteiger partial charge is 0.263 e. The third kappa shape index (κ3) is 5.69.